The Balaban J connectivity index is 1.24. The highest BCUT2D eigenvalue weighted by Crippen LogP contribution is 2.56. The average Bonchev–Trinajstić information content (AvgIpc) is 3.02. The summed E-state index contributed by atoms with van der Waals surface area (Å²) in [6.45, 7) is 7.32. The monoisotopic (exact) mass is 565 g/mol. The molecule has 5 heteroatoms. The van der Waals surface area contributed by atoms with Gasteiger partial charge in [-0.2, -0.15) is 0 Å². The number of ether oxygens (including phenoxy) is 1. The minimum Gasteiger partial charge on any atom is -0.487 e. The third kappa shape index (κ3) is 4.24. The molecule has 5 nitrogen and oxygen atoms in total. The number of aromatic nitrogens is 2. The summed E-state index contributed by atoms with van der Waals surface area (Å²) in [6, 6.07) is 28.5. The van der Waals surface area contributed by atoms with Crippen molar-refractivity contribution in [3.05, 3.63) is 102 Å². The minimum absolute atomic E-state index is 0.122. The molecule has 1 aromatic heterocycles. The second-order valence-corrected chi connectivity index (χ2v) is 13.1. The first kappa shape index (κ1) is 26.1. The van der Waals surface area contributed by atoms with Gasteiger partial charge in [0.05, 0.1) is 22.1 Å². The van der Waals surface area contributed by atoms with Gasteiger partial charge in [-0.3, -0.25) is 4.79 Å². The quantitative estimate of drug-likeness (QED) is 0.172. The molecule has 2 heterocycles. The molecule has 214 valence electrons. The van der Waals surface area contributed by atoms with Crippen LogP contribution < -0.4 is 10.1 Å². The molecule has 1 amide bonds. The van der Waals surface area contributed by atoms with Crippen LogP contribution in [0.1, 0.15) is 67.4 Å². The highest BCUT2D eigenvalue weighted by Gasteiger charge is 2.47. The zero-order valence-electron chi connectivity index (χ0n) is 24.9. The summed E-state index contributed by atoms with van der Waals surface area (Å²) < 4.78 is 6.89. The van der Waals surface area contributed by atoms with Crippen LogP contribution in [0.3, 0.4) is 0 Å². The van der Waals surface area contributed by atoms with E-state index in [1.807, 2.05) is 36.4 Å². The van der Waals surface area contributed by atoms with Crippen LogP contribution in [0, 0.1) is 11.8 Å². The van der Waals surface area contributed by atoms with Crippen molar-refractivity contribution in [1.29, 1.82) is 0 Å². The molecule has 2 aliphatic rings. The number of fused-ring (bicyclic) bond motifs is 10. The Morgan fingerprint density at radius 3 is 2.47 bits per heavy atom. The summed E-state index contributed by atoms with van der Waals surface area (Å²) in [6.07, 6.45) is 3.49. The van der Waals surface area contributed by atoms with Crippen LogP contribution in [0.25, 0.3) is 43.6 Å². The topological polar surface area (TPSA) is 64.1 Å². The molecule has 6 aromatic rings. The van der Waals surface area contributed by atoms with Crippen molar-refractivity contribution in [2.75, 3.05) is 0 Å². The third-order valence-electron chi connectivity index (χ3n) is 9.91. The van der Waals surface area contributed by atoms with Crippen molar-refractivity contribution >= 4 is 49.5 Å². The van der Waals surface area contributed by atoms with Crippen molar-refractivity contribution < 1.29 is 9.53 Å². The summed E-state index contributed by atoms with van der Waals surface area (Å²) in [7, 11) is 0. The van der Waals surface area contributed by atoms with Crippen molar-refractivity contribution in [2.45, 2.75) is 58.1 Å². The number of nitrogens with one attached hydrogen (secondary N) is 1. The normalized spacial score (nSPS) is 21.0. The van der Waals surface area contributed by atoms with Crippen molar-refractivity contribution in [3.8, 4) is 5.75 Å². The number of benzene rings is 5. The van der Waals surface area contributed by atoms with Crippen LogP contribution in [-0.2, 0) is 6.54 Å². The lowest BCUT2D eigenvalue weighted by Crippen LogP contribution is -2.46. The summed E-state index contributed by atoms with van der Waals surface area (Å²) in [5.41, 5.74) is 5.96. The first-order chi connectivity index (χ1) is 20.9. The lowest BCUT2D eigenvalue weighted by molar-refractivity contribution is -0.0115. The molecule has 0 radical (unpaired) electrons. The molecule has 0 saturated heterocycles. The van der Waals surface area contributed by atoms with E-state index >= 15 is 0 Å². The van der Waals surface area contributed by atoms with E-state index in [0.717, 1.165) is 62.4 Å². The van der Waals surface area contributed by atoms with E-state index in [-0.39, 0.29) is 11.5 Å². The highest BCUT2D eigenvalue weighted by molar-refractivity contribution is 6.11. The summed E-state index contributed by atoms with van der Waals surface area (Å²) in [5, 5.41) is 7.61. The Morgan fingerprint density at radius 1 is 0.860 bits per heavy atom. The molecule has 5 aromatic carbocycles. The number of amides is 1. The van der Waals surface area contributed by atoms with Gasteiger partial charge in [0.25, 0.3) is 5.91 Å². The zero-order chi connectivity index (χ0) is 29.3. The Labute approximate surface area is 251 Å². The van der Waals surface area contributed by atoms with Gasteiger partial charge < -0.3 is 10.1 Å². The fourth-order valence-electron chi connectivity index (χ4n) is 7.76. The van der Waals surface area contributed by atoms with Crippen molar-refractivity contribution in [3.63, 3.8) is 0 Å². The first-order valence-electron chi connectivity index (χ1n) is 15.5. The highest BCUT2D eigenvalue weighted by atomic mass is 16.5. The minimum atomic E-state index is -0.256. The number of hydrogen-bond donors (Lipinski definition) is 1. The Hall–Kier alpha value is -4.51. The van der Waals surface area contributed by atoms with Crippen LogP contribution in [0.5, 0.6) is 5.75 Å². The first-order valence-corrected chi connectivity index (χ1v) is 15.5. The van der Waals surface area contributed by atoms with Gasteiger partial charge in [0.1, 0.15) is 11.4 Å². The van der Waals surface area contributed by atoms with Gasteiger partial charge in [0, 0.05) is 34.4 Å². The fraction of sp³-hybridized carbons (Fsp3) is 0.289. The van der Waals surface area contributed by atoms with Crippen molar-refractivity contribution in [1.82, 2.24) is 15.3 Å². The van der Waals surface area contributed by atoms with Crippen LogP contribution in [0.15, 0.2) is 84.9 Å². The molecule has 1 N–H and O–H groups in total. The van der Waals surface area contributed by atoms with Gasteiger partial charge in [-0.1, -0.05) is 80.1 Å². The van der Waals surface area contributed by atoms with Crippen molar-refractivity contribution in [2.24, 2.45) is 11.8 Å². The van der Waals surface area contributed by atoms with Crippen LogP contribution in [0.2, 0.25) is 0 Å². The fourth-order valence-corrected chi connectivity index (χ4v) is 7.76. The van der Waals surface area contributed by atoms with E-state index in [2.05, 4.69) is 74.6 Å². The van der Waals surface area contributed by atoms with E-state index in [1.165, 1.54) is 17.4 Å². The summed E-state index contributed by atoms with van der Waals surface area (Å²) >= 11 is 0. The van der Waals surface area contributed by atoms with Crippen LogP contribution in [0.4, 0.5) is 0 Å². The third-order valence-corrected chi connectivity index (χ3v) is 9.91. The van der Waals surface area contributed by atoms with E-state index in [4.69, 9.17) is 14.7 Å². The van der Waals surface area contributed by atoms with Gasteiger partial charge in [-0.15, -0.1) is 0 Å². The molecule has 1 saturated carbocycles. The van der Waals surface area contributed by atoms with Gasteiger partial charge >= 0.3 is 0 Å². The number of hydrogen-bond acceptors (Lipinski definition) is 4. The second-order valence-electron chi connectivity index (χ2n) is 13.1. The molecule has 0 spiro atoms. The maximum atomic E-state index is 13.4. The lowest BCUT2D eigenvalue weighted by Gasteiger charge is -2.49. The van der Waals surface area contributed by atoms with Gasteiger partial charge in [-0.05, 0) is 73.1 Å². The van der Waals surface area contributed by atoms with Gasteiger partial charge in [-0.25, -0.2) is 9.97 Å². The molecule has 43 heavy (non-hydrogen) atoms. The Morgan fingerprint density at radius 2 is 1.60 bits per heavy atom. The lowest BCUT2D eigenvalue weighted by atomic mass is 9.64. The maximum absolute atomic E-state index is 13.4. The van der Waals surface area contributed by atoms with E-state index in [0.29, 0.717) is 29.9 Å². The molecule has 0 unspecified atom stereocenters. The van der Waals surface area contributed by atoms with Gasteiger partial charge in [0.15, 0.2) is 0 Å². The molecule has 0 bridgehead atoms. The second kappa shape index (κ2) is 9.77. The average molecular weight is 566 g/mol. The predicted octanol–water partition coefficient (Wildman–Crippen LogP) is 8.71. The number of rotatable bonds is 3. The molecule has 3 atom stereocenters. The molecule has 1 aliphatic heterocycles. The molecule has 1 fully saturated rings. The standard InChI is InChI=1S/C38H35N3O2/c1-22-15-17-30-29(19-22)33-35-34(27-13-6-7-14-28(27)36(33)43-38(30,2)3)40-31-18-16-24(20-32(31)41-35)37(42)39-21-25-11-8-10-23-9-4-5-12-26(23)25/h4-14,16,18,20,22,29-30H,15,17,19,21H2,1-3H3,(H,39,42)/t22-,29-,30-/m0/s1. The zero-order valence-corrected chi connectivity index (χ0v) is 24.9. The SMILES string of the molecule is C[C@H]1CC[C@H]2[C@H](C1)c1c(c3ccccc3c3nc4ccc(C(=O)NCc5cccc6ccccc56)cc4nc13)OC2(C)C. The maximum Gasteiger partial charge on any atom is 0.251 e. The molecule has 1 aliphatic carbocycles. The molecular weight excluding hydrogens is 530 g/mol. The molecule has 8 rings (SSSR count). The number of nitrogens with zero attached hydrogens (tertiary/aromatic N) is 2. The largest absolute Gasteiger partial charge is 0.487 e. The Kier molecular flexibility index (Phi) is 5.94. The van der Waals surface area contributed by atoms with Crippen LogP contribution in [-0.4, -0.2) is 21.5 Å². The summed E-state index contributed by atoms with van der Waals surface area (Å²) in [4.78, 5) is 23.9. The Bertz CT molecular complexity index is 2080. The summed E-state index contributed by atoms with van der Waals surface area (Å²) in [5.74, 6) is 2.26. The molecular formula is C38H35N3O2. The van der Waals surface area contributed by atoms with E-state index in [9.17, 15) is 4.79 Å². The number of carbonyl (C=O) groups excluding carboxylic acids is 1. The van der Waals surface area contributed by atoms with E-state index in [1.54, 1.807) is 0 Å². The van der Waals surface area contributed by atoms with Gasteiger partial charge in [0.2, 0.25) is 0 Å². The van der Waals surface area contributed by atoms with E-state index < -0.39 is 0 Å². The number of carbonyl (C=O) groups is 1. The van der Waals surface area contributed by atoms with Crippen LogP contribution >= 0.6 is 0 Å². The smallest absolute Gasteiger partial charge is 0.251 e. The predicted molar refractivity (Wildman–Crippen MR) is 174 cm³/mol.